The van der Waals surface area contributed by atoms with E-state index in [-0.39, 0.29) is 18.0 Å². The van der Waals surface area contributed by atoms with E-state index in [4.69, 9.17) is 4.74 Å². The van der Waals surface area contributed by atoms with Crippen molar-refractivity contribution in [3.05, 3.63) is 35.9 Å². The lowest BCUT2D eigenvalue weighted by molar-refractivity contribution is 0.00617. The van der Waals surface area contributed by atoms with Crippen LogP contribution in [0.4, 0.5) is 4.79 Å². The summed E-state index contributed by atoms with van der Waals surface area (Å²) in [5, 5.41) is 0. The first-order chi connectivity index (χ1) is 10.3. The van der Waals surface area contributed by atoms with Crippen LogP contribution in [0.1, 0.15) is 38.1 Å². The number of nitrogens with zero attached hydrogens (tertiary/aromatic N) is 2. The molecule has 1 saturated heterocycles. The van der Waals surface area contributed by atoms with Crippen molar-refractivity contribution in [2.75, 3.05) is 19.6 Å². The van der Waals surface area contributed by atoms with E-state index in [2.05, 4.69) is 0 Å². The van der Waals surface area contributed by atoms with E-state index in [0.717, 1.165) is 0 Å². The highest BCUT2D eigenvalue weighted by Gasteiger charge is 2.32. The molecule has 120 valence electrons. The van der Waals surface area contributed by atoms with Gasteiger partial charge >= 0.3 is 6.09 Å². The molecule has 1 unspecified atom stereocenters. The third-order valence-electron chi connectivity index (χ3n) is 3.56. The minimum absolute atomic E-state index is 0.0111. The number of rotatable bonds is 1. The first kappa shape index (κ1) is 16.3. The number of carbonyl (C=O) groups excluding carboxylic acids is 2. The van der Waals surface area contributed by atoms with E-state index >= 15 is 0 Å². The van der Waals surface area contributed by atoms with Gasteiger partial charge in [-0.2, -0.15) is 0 Å². The van der Waals surface area contributed by atoms with Crippen molar-refractivity contribution in [3.8, 4) is 0 Å². The van der Waals surface area contributed by atoms with E-state index in [9.17, 15) is 9.59 Å². The Morgan fingerprint density at radius 3 is 2.32 bits per heavy atom. The van der Waals surface area contributed by atoms with Crippen LogP contribution in [0.5, 0.6) is 0 Å². The fourth-order valence-corrected chi connectivity index (χ4v) is 2.50. The predicted octanol–water partition coefficient (Wildman–Crippen LogP) is 2.77. The molecule has 0 spiro atoms. The summed E-state index contributed by atoms with van der Waals surface area (Å²) in [6, 6.07) is 9.20. The van der Waals surface area contributed by atoms with Crippen LogP contribution in [-0.2, 0) is 4.74 Å². The average molecular weight is 304 g/mol. The Hall–Kier alpha value is -2.04. The molecule has 0 saturated carbocycles. The average Bonchev–Trinajstić information content (AvgIpc) is 2.45. The van der Waals surface area contributed by atoms with Crippen LogP contribution in [0.2, 0.25) is 0 Å². The SMILES string of the molecule is CC1CN(C(=O)OC(C)(C)C)CCN1C(=O)c1ccccc1. The fraction of sp³-hybridized carbons (Fsp3) is 0.529. The number of piperazine rings is 1. The molecule has 2 rings (SSSR count). The lowest BCUT2D eigenvalue weighted by Gasteiger charge is -2.40. The summed E-state index contributed by atoms with van der Waals surface area (Å²) in [6.45, 7) is 9.02. The zero-order valence-corrected chi connectivity index (χ0v) is 13.7. The quantitative estimate of drug-likeness (QED) is 0.801. The second kappa shape index (κ2) is 6.38. The Morgan fingerprint density at radius 2 is 1.77 bits per heavy atom. The monoisotopic (exact) mass is 304 g/mol. The molecular formula is C17H24N2O3. The predicted molar refractivity (Wildman–Crippen MR) is 84.7 cm³/mol. The van der Waals surface area contributed by atoms with Crippen molar-refractivity contribution >= 4 is 12.0 Å². The Bertz CT molecular complexity index is 537. The molecule has 1 aromatic carbocycles. The first-order valence-electron chi connectivity index (χ1n) is 7.62. The van der Waals surface area contributed by atoms with Gasteiger partial charge < -0.3 is 14.5 Å². The lowest BCUT2D eigenvalue weighted by Crippen LogP contribution is -2.56. The maximum atomic E-state index is 12.5. The van der Waals surface area contributed by atoms with Gasteiger partial charge in [0, 0.05) is 31.2 Å². The summed E-state index contributed by atoms with van der Waals surface area (Å²) >= 11 is 0. The normalized spacial score (nSPS) is 19.0. The van der Waals surface area contributed by atoms with Crippen molar-refractivity contribution in [3.63, 3.8) is 0 Å². The van der Waals surface area contributed by atoms with Crippen LogP contribution in [0.3, 0.4) is 0 Å². The van der Waals surface area contributed by atoms with Gasteiger partial charge in [-0.25, -0.2) is 4.79 Å². The first-order valence-corrected chi connectivity index (χ1v) is 7.62. The van der Waals surface area contributed by atoms with E-state index in [1.54, 1.807) is 4.90 Å². The highest BCUT2D eigenvalue weighted by Crippen LogP contribution is 2.17. The minimum Gasteiger partial charge on any atom is -0.444 e. The Labute approximate surface area is 131 Å². The highest BCUT2D eigenvalue weighted by atomic mass is 16.6. The van der Waals surface area contributed by atoms with E-state index in [1.165, 1.54) is 0 Å². The molecule has 0 aromatic heterocycles. The Morgan fingerprint density at radius 1 is 1.14 bits per heavy atom. The zero-order chi connectivity index (χ0) is 16.3. The van der Waals surface area contributed by atoms with Gasteiger partial charge in [0.2, 0.25) is 0 Å². The van der Waals surface area contributed by atoms with Crippen molar-refractivity contribution < 1.29 is 14.3 Å². The fourth-order valence-electron chi connectivity index (χ4n) is 2.50. The molecular weight excluding hydrogens is 280 g/mol. The summed E-state index contributed by atoms with van der Waals surface area (Å²) in [4.78, 5) is 28.1. The smallest absolute Gasteiger partial charge is 0.410 e. The molecule has 1 aliphatic heterocycles. The summed E-state index contributed by atoms with van der Waals surface area (Å²) in [5.74, 6) is 0.0111. The molecule has 1 aromatic rings. The number of amides is 2. The molecule has 0 radical (unpaired) electrons. The van der Waals surface area contributed by atoms with Gasteiger partial charge in [0.1, 0.15) is 5.60 Å². The largest absolute Gasteiger partial charge is 0.444 e. The van der Waals surface area contributed by atoms with E-state index < -0.39 is 5.60 Å². The van der Waals surface area contributed by atoms with Gasteiger partial charge in [-0.3, -0.25) is 4.79 Å². The maximum Gasteiger partial charge on any atom is 0.410 e. The van der Waals surface area contributed by atoms with Crippen LogP contribution >= 0.6 is 0 Å². The van der Waals surface area contributed by atoms with E-state index in [0.29, 0.717) is 25.2 Å². The topological polar surface area (TPSA) is 49.9 Å². The van der Waals surface area contributed by atoms with Gasteiger partial charge in [0.05, 0.1) is 0 Å². The zero-order valence-electron chi connectivity index (χ0n) is 13.7. The molecule has 0 bridgehead atoms. The highest BCUT2D eigenvalue weighted by molar-refractivity contribution is 5.94. The summed E-state index contributed by atoms with van der Waals surface area (Å²) in [5.41, 5.74) is 0.178. The van der Waals surface area contributed by atoms with Gasteiger partial charge in [0.25, 0.3) is 5.91 Å². The molecule has 1 atom stereocenters. The van der Waals surface area contributed by atoms with Crippen molar-refractivity contribution in [1.29, 1.82) is 0 Å². The number of carbonyl (C=O) groups is 2. The summed E-state index contributed by atoms with van der Waals surface area (Å²) in [7, 11) is 0. The van der Waals surface area contributed by atoms with Crippen molar-refractivity contribution in [1.82, 2.24) is 9.80 Å². The maximum absolute atomic E-state index is 12.5. The van der Waals surface area contributed by atoms with Gasteiger partial charge in [-0.15, -0.1) is 0 Å². The second-order valence-corrected chi connectivity index (χ2v) is 6.64. The van der Waals surface area contributed by atoms with Crippen LogP contribution in [0, 0.1) is 0 Å². The molecule has 0 aliphatic carbocycles. The molecule has 22 heavy (non-hydrogen) atoms. The molecule has 2 amide bonds. The Balaban J connectivity index is 1.98. The van der Waals surface area contributed by atoms with Gasteiger partial charge in [-0.1, -0.05) is 18.2 Å². The second-order valence-electron chi connectivity index (χ2n) is 6.64. The van der Waals surface area contributed by atoms with E-state index in [1.807, 2.05) is 62.9 Å². The van der Waals surface area contributed by atoms with Crippen LogP contribution < -0.4 is 0 Å². The van der Waals surface area contributed by atoms with Crippen LogP contribution in [0.15, 0.2) is 30.3 Å². The molecule has 1 aliphatic rings. The molecule has 1 fully saturated rings. The summed E-state index contributed by atoms with van der Waals surface area (Å²) in [6.07, 6.45) is -0.314. The van der Waals surface area contributed by atoms with Crippen LogP contribution in [0.25, 0.3) is 0 Å². The number of hydrogen-bond acceptors (Lipinski definition) is 3. The molecule has 5 nitrogen and oxygen atoms in total. The third-order valence-corrected chi connectivity index (χ3v) is 3.56. The number of hydrogen-bond donors (Lipinski definition) is 0. The van der Waals surface area contributed by atoms with Crippen LogP contribution in [-0.4, -0.2) is 53.1 Å². The Kier molecular flexibility index (Phi) is 4.74. The molecule has 1 heterocycles. The molecule has 5 heteroatoms. The number of ether oxygens (including phenoxy) is 1. The standard InChI is InChI=1S/C17H24N2O3/c1-13-12-18(16(21)22-17(2,3)4)10-11-19(13)15(20)14-8-6-5-7-9-14/h5-9,13H,10-12H2,1-4H3. The minimum atomic E-state index is -0.503. The number of benzene rings is 1. The van der Waals surface area contributed by atoms with Gasteiger partial charge in [0.15, 0.2) is 0 Å². The van der Waals surface area contributed by atoms with Gasteiger partial charge in [-0.05, 0) is 39.8 Å². The van der Waals surface area contributed by atoms with Crippen molar-refractivity contribution in [2.24, 2.45) is 0 Å². The third kappa shape index (κ3) is 4.00. The summed E-state index contributed by atoms with van der Waals surface area (Å²) < 4.78 is 5.39. The van der Waals surface area contributed by atoms with Crippen molar-refractivity contribution in [2.45, 2.75) is 39.3 Å². The lowest BCUT2D eigenvalue weighted by atomic mass is 10.1. The molecule has 0 N–H and O–H groups in total.